The van der Waals surface area contributed by atoms with Gasteiger partial charge in [0.25, 0.3) is 0 Å². The largest absolute Gasteiger partial charge is 0.327 e. The van der Waals surface area contributed by atoms with Gasteiger partial charge in [0.05, 0.1) is 10.6 Å². The van der Waals surface area contributed by atoms with Gasteiger partial charge < -0.3 is 4.98 Å². The average Bonchev–Trinajstić information content (AvgIpc) is 3.25. The minimum absolute atomic E-state index is 0.679. The summed E-state index contributed by atoms with van der Waals surface area (Å²) in [6, 6.07) is 11.7. The average molecular weight is 354 g/mol. The molecule has 0 aliphatic heterocycles. The van der Waals surface area contributed by atoms with Crippen LogP contribution >= 0.6 is 22.9 Å². The number of nitrogens with zero attached hydrogens (tertiary/aromatic N) is 4. The Balaban J connectivity index is 1.78. The second kappa shape index (κ2) is 6.51. The number of hydrogen-bond acceptors (Lipinski definition) is 5. The number of H-pyrrole nitrogens is 1. The van der Waals surface area contributed by atoms with Gasteiger partial charge in [-0.2, -0.15) is 0 Å². The number of halogens is 1. The Hall–Kier alpha value is -2.57. The molecular formula is C17H12ClN5S. The van der Waals surface area contributed by atoms with Gasteiger partial charge in [0.2, 0.25) is 0 Å². The van der Waals surface area contributed by atoms with Crippen LogP contribution in [0.3, 0.4) is 0 Å². The molecule has 24 heavy (non-hydrogen) atoms. The molecular weight excluding hydrogens is 342 g/mol. The van der Waals surface area contributed by atoms with Gasteiger partial charge in [-0.3, -0.25) is 4.98 Å². The van der Waals surface area contributed by atoms with E-state index in [4.69, 9.17) is 16.6 Å². The molecule has 5 nitrogen and oxygen atoms in total. The Morgan fingerprint density at radius 2 is 2.00 bits per heavy atom. The fourth-order valence-corrected chi connectivity index (χ4v) is 3.68. The summed E-state index contributed by atoms with van der Waals surface area (Å²) >= 11 is 7.69. The quantitative estimate of drug-likeness (QED) is 0.596. The lowest BCUT2D eigenvalue weighted by molar-refractivity contribution is 1.08. The van der Waals surface area contributed by atoms with Crippen LogP contribution < -0.4 is 0 Å². The van der Waals surface area contributed by atoms with Crippen molar-refractivity contribution in [2.24, 2.45) is 0 Å². The predicted molar refractivity (Wildman–Crippen MR) is 95.0 cm³/mol. The maximum Gasteiger partial charge on any atom is 0.173 e. The monoisotopic (exact) mass is 353 g/mol. The van der Waals surface area contributed by atoms with Crippen LogP contribution in [0.15, 0.2) is 55.1 Å². The normalized spacial score (nSPS) is 10.9. The van der Waals surface area contributed by atoms with Gasteiger partial charge in [-0.15, -0.1) is 21.5 Å². The van der Waals surface area contributed by atoms with E-state index in [1.165, 1.54) is 0 Å². The second-order valence-corrected chi connectivity index (χ2v) is 6.61. The van der Waals surface area contributed by atoms with Crippen LogP contribution in [0.4, 0.5) is 0 Å². The maximum atomic E-state index is 6.10. The summed E-state index contributed by atoms with van der Waals surface area (Å²) in [6.45, 7) is 0. The van der Waals surface area contributed by atoms with Gasteiger partial charge in [-0.1, -0.05) is 23.7 Å². The lowest BCUT2D eigenvalue weighted by Gasteiger charge is -2.01. The van der Waals surface area contributed by atoms with E-state index in [9.17, 15) is 0 Å². The van der Waals surface area contributed by atoms with Gasteiger partial charge in [-0.25, -0.2) is 4.98 Å². The molecule has 7 heteroatoms. The molecule has 118 valence electrons. The molecule has 0 radical (unpaired) electrons. The number of rotatable bonds is 4. The topological polar surface area (TPSA) is 67.3 Å². The number of pyridine rings is 1. The molecule has 4 rings (SSSR count). The van der Waals surface area contributed by atoms with Gasteiger partial charge >= 0.3 is 0 Å². The van der Waals surface area contributed by atoms with E-state index in [1.807, 2.05) is 36.4 Å². The molecule has 1 N–H and O–H groups in total. The SMILES string of the molecule is Clc1cccc(Cc2nc(-c3ccncc3)sc2-c2nnc[nH]2)c1. The number of benzene rings is 1. The first-order valence-electron chi connectivity index (χ1n) is 7.30. The Morgan fingerprint density at radius 1 is 1.12 bits per heavy atom. The zero-order chi connectivity index (χ0) is 16.4. The molecule has 0 aliphatic carbocycles. The smallest absolute Gasteiger partial charge is 0.173 e. The van der Waals surface area contributed by atoms with Crippen molar-refractivity contribution in [3.8, 4) is 21.3 Å². The van der Waals surface area contributed by atoms with Crippen LogP contribution in [0.25, 0.3) is 21.3 Å². The Bertz CT molecular complexity index is 950. The van der Waals surface area contributed by atoms with E-state index < -0.39 is 0 Å². The number of thiazole rings is 1. The van der Waals surface area contributed by atoms with Crippen LogP contribution in [0.2, 0.25) is 5.02 Å². The molecule has 0 saturated carbocycles. The molecule has 0 atom stereocenters. The third-order valence-corrected chi connectivity index (χ3v) is 4.91. The third kappa shape index (κ3) is 3.06. The number of aromatic amines is 1. The summed E-state index contributed by atoms with van der Waals surface area (Å²) in [5.41, 5.74) is 3.09. The predicted octanol–water partition coefficient (Wildman–Crippen LogP) is 4.23. The van der Waals surface area contributed by atoms with Gasteiger partial charge in [0.1, 0.15) is 11.3 Å². The van der Waals surface area contributed by atoms with Crippen LogP contribution in [-0.2, 0) is 6.42 Å². The van der Waals surface area contributed by atoms with Crippen LogP contribution in [0.5, 0.6) is 0 Å². The molecule has 3 heterocycles. The first-order chi connectivity index (χ1) is 11.8. The van der Waals surface area contributed by atoms with Crippen molar-refractivity contribution in [1.82, 2.24) is 25.1 Å². The highest BCUT2D eigenvalue weighted by Gasteiger charge is 2.17. The third-order valence-electron chi connectivity index (χ3n) is 3.52. The van der Waals surface area contributed by atoms with Gasteiger partial charge in [0, 0.05) is 29.4 Å². The molecule has 0 bridgehead atoms. The molecule has 1 aromatic carbocycles. The summed E-state index contributed by atoms with van der Waals surface area (Å²) < 4.78 is 0. The van der Waals surface area contributed by atoms with Crippen LogP contribution in [0, 0.1) is 0 Å². The first-order valence-corrected chi connectivity index (χ1v) is 8.50. The molecule has 0 saturated heterocycles. The highest BCUT2D eigenvalue weighted by atomic mass is 35.5. The van der Waals surface area contributed by atoms with Crippen molar-refractivity contribution in [2.45, 2.75) is 6.42 Å². The molecule has 0 amide bonds. The van der Waals surface area contributed by atoms with E-state index in [1.54, 1.807) is 30.1 Å². The van der Waals surface area contributed by atoms with Crippen molar-refractivity contribution in [1.29, 1.82) is 0 Å². The van der Waals surface area contributed by atoms with E-state index >= 15 is 0 Å². The minimum atomic E-state index is 0.679. The second-order valence-electron chi connectivity index (χ2n) is 5.17. The van der Waals surface area contributed by atoms with Gasteiger partial charge in [-0.05, 0) is 29.8 Å². The summed E-state index contributed by atoms with van der Waals surface area (Å²) in [4.78, 5) is 12.9. The molecule has 0 aliphatic rings. The van der Waals surface area contributed by atoms with E-state index in [0.29, 0.717) is 6.42 Å². The molecule has 3 aromatic heterocycles. The lowest BCUT2D eigenvalue weighted by Crippen LogP contribution is -1.92. The summed E-state index contributed by atoms with van der Waals surface area (Å²) in [6.07, 6.45) is 5.78. The van der Waals surface area contributed by atoms with Crippen molar-refractivity contribution in [3.05, 3.63) is 71.4 Å². The lowest BCUT2D eigenvalue weighted by atomic mass is 10.1. The molecule has 4 aromatic rings. The highest BCUT2D eigenvalue weighted by Crippen LogP contribution is 2.34. The number of aromatic nitrogens is 5. The van der Waals surface area contributed by atoms with Crippen molar-refractivity contribution in [2.75, 3.05) is 0 Å². The van der Waals surface area contributed by atoms with E-state index in [2.05, 4.69) is 20.2 Å². The Morgan fingerprint density at radius 3 is 2.75 bits per heavy atom. The summed E-state index contributed by atoms with van der Waals surface area (Å²) in [5.74, 6) is 0.727. The fourth-order valence-electron chi connectivity index (χ4n) is 2.43. The van der Waals surface area contributed by atoms with E-state index in [-0.39, 0.29) is 0 Å². The summed E-state index contributed by atoms with van der Waals surface area (Å²) in [7, 11) is 0. The fraction of sp³-hybridized carbons (Fsp3) is 0.0588. The number of nitrogens with one attached hydrogen (secondary N) is 1. The first kappa shape index (κ1) is 15.0. The van der Waals surface area contributed by atoms with Crippen LogP contribution in [0.1, 0.15) is 11.3 Å². The molecule has 0 spiro atoms. The standard InChI is InChI=1S/C17H12ClN5S/c18-13-3-1-2-11(8-13)9-14-15(16-20-10-21-23-16)24-17(22-14)12-4-6-19-7-5-12/h1-8,10H,9H2,(H,20,21,23). The summed E-state index contributed by atoms with van der Waals surface area (Å²) in [5, 5.41) is 9.68. The Kier molecular flexibility index (Phi) is 4.06. The Labute approximate surface area is 147 Å². The van der Waals surface area contributed by atoms with Crippen molar-refractivity contribution in [3.63, 3.8) is 0 Å². The molecule has 0 fully saturated rings. The zero-order valence-corrected chi connectivity index (χ0v) is 14.1. The van der Waals surface area contributed by atoms with Crippen LogP contribution in [-0.4, -0.2) is 25.1 Å². The van der Waals surface area contributed by atoms with Crippen molar-refractivity contribution < 1.29 is 0 Å². The zero-order valence-electron chi connectivity index (χ0n) is 12.5. The molecule has 0 unspecified atom stereocenters. The minimum Gasteiger partial charge on any atom is -0.327 e. The van der Waals surface area contributed by atoms with Gasteiger partial charge in [0.15, 0.2) is 5.82 Å². The number of hydrogen-bond donors (Lipinski definition) is 1. The van der Waals surface area contributed by atoms with E-state index in [0.717, 1.165) is 37.6 Å². The highest BCUT2D eigenvalue weighted by molar-refractivity contribution is 7.18. The van der Waals surface area contributed by atoms with Crippen molar-refractivity contribution >= 4 is 22.9 Å². The maximum absolute atomic E-state index is 6.10.